The second-order valence-corrected chi connectivity index (χ2v) is 7.42. The SMILES string of the molecule is N#C/C(=C/c1ccc(N2CCCC2)c2ccccc12)C(=O)Nc1cccc(C(=O)O)c1. The third-order valence-corrected chi connectivity index (χ3v) is 5.41. The Bertz CT molecular complexity index is 1230. The molecule has 1 saturated heterocycles. The van der Waals surface area contributed by atoms with E-state index in [2.05, 4.69) is 16.3 Å². The van der Waals surface area contributed by atoms with Gasteiger partial charge < -0.3 is 15.3 Å². The minimum atomic E-state index is -1.09. The first-order chi connectivity index (χ1) is 15.1. The zero-order valence-electron chi connectivity index (χ0n) is 16.8. The number of rotatable bonds is 5. The summed E-state index contributed by atoms with van der Waals surface area (Å²) in [6.45, 7) is 2.06. The van der Waals surface area contributed by atoms with Gasteiger partial charge in [-0.25, -0.2) is 4.79 Å². The molecule has 0 radical (unpaired) electrons. The Labute approximate surface area is 180 Å². The van der Waals surface area contributed by atoms with E-state index >= 15 is 0 Å². The lowest BCUT2D eigenvalue weighted by molar-refractivity contribution is -0.112. The largest absolute Gasteiger partial charge is 0.478 e. The van der Waals surface area contributed by atoms with Gasteiger partial charge in [0, 0.05) is 29.9 Å². The Kier molecular flexibility index (Phi) is 5.67. The molecule has 0 saturated carbocycles. The van der Waals surface area contributed by atoms with Gasteiger partial charge in [0.25, 0.3) is 5.91 Å². The summed E-state index contributed by atoms with van der Waals surface area (Å²) in [6, 6.07) is 19.8. The van der Waals surface area contributed by atoms with E-state index in [1.54, 1.807) is 18.2 Å². The van der Waals surface area contributed by atoms with Gasteiger partial charge in [0.2, 0.25) is 0 Å². The predicted molar refractivity (Wildman–Crippen MR) is 121 cm³/mol. The summed E-state index contributed by atoms with van der Waals surface area (Å²) >= 11 is 0. The van der Waals surface area contributed by atoms with Crippen LogP contribution in [0.5, 0.6) is 0 Å². The molecule has 154 valence electrons. The van der Waals surface area contributed by atoms with E-state index < -0.39 is 11.9 Å². The first kappa shape index (κ1) is 20.2. The maximum Gasteiger partial charge on any atom is 0.335 e. The summed E-state index contributed by atoms with van der Waals surface area (Å²) in [5.74, 6) is -1.67. The van der Waals surface area contributed by atoms with Crippen LogP contribution in [0.1, 0.15) is 28.8 Å². The molecule has 0 atom stereocenters. The molecule has 0 aliphatic carbocycles. The van der Waals surface area contributed by atoms with Crippen molar-refractivity contribution in [3.8, 4) is 6.07 Å². The number of nitriles is 1. The van der Waals surface area contributed by atoms with Gasteiger partial charge in [0.15, 0.2) is 0 Å². The van der Waals surface area contributed by atoms with Crippen molar-refractivity contribution in [2.45, 2.75) is 12.8 Å². The van der Waals surface area contributed by atoms with Gasteiger partial charge >= 0.3 is 5.97 Å². The molecule has 1 fully saturated rings. The monoisotopic (exact) mass is 411 g/mol. The van der Waals surface area contributed by atoms with Crippen LogP contribution in [0.2, 0.25) is 0 Å². The van der Waals surface area contributed by atoms with E-state index in [1.165, 1.54) is 30.7 Å². The zero-order valence-corrected chi connectivity index (χ0v) is 16.8. The van der Waals surface area contributed by atoms with Crippen LogP contribution in [0.25, 0.3) is 16.8 Å². The van der Waals surface area contributed by atoms with Crippen molar-refractivity contribution in [2.24, 2.45) is 0 Å². The molecule has 0 spiro atoms. The Balaban J connectivity index is 1.67. The van der Waals surface area contributed by atoms with Gasteiger partial charge in [0.05, 0.1) is 5.56 Å². The highest BCUT2D eigenvalue weighted by atomic mass is 16.4. The van der Waals surface area contributed by atoms with Crippen LogP contribution in [0.4, 0.5) is 11.4 Å². The molecule has 0 aromatic heterocycles. The molecule has 6 heteroatoms. The van der Waals surface area contributed by atoms with Crippen molar-refractivity contribution in [2.75, 3.05) is 23.3 Å². The van der Waals surface area contributed by atoms with E-state index in [0.717, 1.165) is 29.4 Å². The molecule has 0 unspecified atom stereocenters. The standard InChI is InChI=1S/C25H21N3O3/c26-16-19(24(29)27-20-7-5-6-18(15-20)25(30)31)14-17-10-11-23(28-12-3-4-13-28)22-9-2-1-8-21(17)22/h1-2,5-11,14-15H,3-4,12-13H2,(H,27,29)(H,30,31)/b19-14-. The number of anilines is 2. The first-order valence-corrected chi connectivity index (χ1v) is 10.1. The third-order valence-electron chi connectivity index (χ3n) is 5.41. The van der Waals surface area contributed by atoms with Gasteiger partial charge in [-0.2, -0.15) is 5.26 Å². The molecule has 1 aliphatic rings. The van der Waals surface area contributed by atoms with Gasteiger partial charge in [-0.15, -0.1) is 0 Å². The third kappa shape index (κ3) is 4.26. The van der Waals surface area contributed by atoms with Crippen molar-refractivity contribution in [1.29, 1.82) is 5.26 Å². The van der Waals surface area contributed by atoms with Crippen molar-refractivity contribution in [1.82, 2.24) is 0 Å². The smallest absolute Gasteiger partial charge is 0.335 e. The number of nitrogens with one attached hydrogen (secondary N) is 1. The number of hydrogen-bond donors (Lipinski definition) is 2. The number of hydrogen-bond acceptors (Lipinski definition) is 4. The Morgan fingerprint density at radius 1 is 1.00 bits per heavy atom. The molecule has 6 nitrogen and oxygen atoms in total. The highest BCUT2D eigenvalue weighted by Gasteiger charge is 2.17. The second kappa shape index (κ2) is 8.72. The fourth-order valence-electron chi connectivity index (χ4n) is 3.90. The number of carbonyl (C=O) groups excluding carboxylic acids is 1. The summed E-state index contributed by atoms with van der Waals surface area (Å²) in [7, 11) is 0. The van der Waals surface area contributed by atoms with Gasteiger partial charge in [-0.05, 0) is 54.1 Å². The highest BCUT2D eigenvalue weighted by molar-refractivity contribution is 6.11. The number of fused-ring (bicyclic) bond motifs is 1. The molecule has 1 amide bonds. The summed E-state index contributed by atoms with van der Waals surface area (Å²) in [4.78, 5) is 26.2. The number of amides is 1. The fourth-order valence-corrected chi connectivity index (χ4v) is 3.90. The molecule has 3 aromatic rings. The zero-order chi connectivity index (χ0) is 21.8. The molecular weight excluding hydrogens is 390 g/mol. The summed E-state index contributed by atoms with van der Waals surface area (Å²) in [6.07, 6.45) is 3.93. The summed E-state index contributed by atoms with van der Waals surface area (Å²) < 4.78 is 0. The Hall–Kier alpha value is -4.11. The van der Waals surface area contributed by atoms with E-state index in [-0.39, 0.29) is 11.1 Å². The lowest BCUT2D eigenvalue weighted by atomic mass is 10.00. The number of carbonyl (C=O) groups is 2. The normalized spacial score (nSPS) is 13.8. The highest BCUT2D eigenvalue weighted by Crippen LogP contribution is 2.32. The Morgan fingerprint density at radius 2 is 1.74 bits per heavy atom. The van der Waals surface area contributed by atoms with Crippen molar-refractivity contribution in [3.05, 3.63) is 77.4 Å². The fraction of sp³-hybridized carbons (Fsp3) is 0.160. The number of carboxylic acid groups (broad SMARTS) is 1. The molecule has 4 rings (SSSR count). The van der Waals surface area contributed by atoms with E-state index in [9.17, 15) is 14.9 Å². The van der Waals surface area contributed by atoms with Crippen LogP contribution in [0, 0.1) is 11.3 Å². The van der Waals surface area contributed by atoms with Crippen LogP contribution in [-0.4, -0.2) is 30.1 Å². The molecule has 3 aromatic carbocycles. The molecule has 31 heavy (non-hydrogen) atoms. The minimum absolute atomic E-state index is 0.0557. The quantitative estimate of drug-likeness (QED) is 0.469. The summed E-state index contributed by atoms with van der Waals surface area (Å²) in [5, 5.41) is 23.4. The maximum absolute atomic E-state index is 12.7. The van der Waals surface area contributed by atoms with E-state index in [1.807, 2.05) is 36.4 Å². The van der Waals surface area contributed by atoms with Crippen molar-refractivity contribution < 1.29 is 14.7 Å². The Morgan fingerprint density at radius 3 is 2.45 bits per heavy atom. The van der Waals surface area contributed by atoms with Crippen LogP contribution < -0.4 is 10.2 Å². The predicted octanol–water partition coefficient (Wildman–Crippen LogP) is 4.68. The van der Waals surface area contributed by atoms with E-state index in [4.69, 9.17) is 5.11 Å². The van der Waals surface area contributed by atoms with Crippen LogP contribution in [0.15, 0.2) is 66.2 Å². The minimum Gasteiger partial charge on any atom is -0.478 e. The lowest BCUT2D eigenvalue weighted by Crippen LogP contribution is -2.17. The topological polar surface area (TPSA) is 93.4 Å². The summed E-state index contributed by atoms with van der Waals surface area (Å²) in [5.41, 5.74) is 2.27. The molecular formula is C25H21N3O3. The van der Waals surface area contributed by atoms with Gasteiger partial charge in [-0.1, -0.05) is 36.4 Å². The van der Waals surface area contributed by atoms with Gasteiger partial charge in [0.1, 0.15) is 11.6 Å². The average Bonchev–Trinajstić information content (AvgIpc) is 3.32. The molecule has 1 heterocycles. The number of benzene rings is 3. The van der Waals surface area contributed by atoms with Crippen molar-refractivity contribution >= 4 is 40.1 Å². The molecule has 0 bridgehead atoms. The number of carboxylic acids is 1. The lowest BCUT2D eigenvalue weighted by Gasteiger charge is -2.20. The molecule has 1 aliphatic heterocycles. The maximum atomic E-state index is 12.7. The first-order valence-electron chi connectivity index (χ1n) is 10.1. The number of aromatic carboxylic acids is 1. The van der Waals surface area contributed by atoms with Crippen LogP contribution in [-0.2, 0) is 4.79 Å². The van der Waals surface area contributed by atoms with Crippen LogP contribution >= 0.6 is 0 Å². The van der Waals surface area contributed by atoms with E-state index in [0.29, 0.717) is 5.69 Å². The molecule has 2 N–H and O–H groups in total. The van der Waals surface area contributed by atoms with Crippen molar-refractivity contribution in [3.63, 3.8) is 0 Å². The second-order valence-electron chi connectivity index (χ2n) is 7.42. The van der Waals surface area contributed by atoms with Crippen LogP contribution in [0.3, 0.4) is 0 Å². The average molecular weight is 411 g/mol. The van der Waals surface area contributed by atoms with Gasteiger partial charge in [-0.3, -0.25) is 4.79 Å². The number of nitrogens with zero attached hydrogens (tertiary/aromatic N) is 2.